The molecule has 0 aliphatic carbocycles. The Balaban J connectivity index is 2.19. The Morgan fingerprint density at radius 1 is 1.04 bits per heavy atom. The third kappa shape index (κ3) is 5.74. The van der Waals surface area contributed by atoms with Crippen molar-refractivity contribution in [2.45, 2.75) is 13.8 Å². The maximum Gasteiger partial charge on any atom is 0.349 e. The number of hydrogen-bond acceptors (Lipinski definition) is 4. The van der Waals surface area contributed by atoms with Crippen LogP contribution >= 0.6 is 0 Å². The molecule has 0 fully saturated rings. The van der Waals surface area contributed by atoms with E-state index in [0.717, 1.165) is 16.9 Å². The smallest absolute Gasteiger partial charge is 0.349 e. The fraction of sp³-hybridized carbons (Fsp3) is 0.190. The van der Waals surface area contributed by atoms with Crippen molar-refractivity contribution in [1.82, 2.24) is 0 Å². The highest BCUT2D eigenvalue weighted by molar-refractivity contribution is 5.93. The zero-order chi connectivity index (χ0) is 18.1. The molecule has 0 spiro atoms. The van der Waals surface area contributed by atoms with Gasteiger partial charge in [0.25, 0.3) is 0 Å². The van der Waals surface area contributed by atoms with Gasteiger partial charge in [-0.15, -0.1) is 0 Å². The van der Waals surface area contributed by atoms with E-state index in [9.17, 15) is 4.79 Å². The molecule has 2 aromatic carbocycles. The van der Waals surface area contributed by atoms with Crippen molar-refractivity contribution < 1.29 is 19.0 Å². The van der Waals surface area contributed by atoms with Crippen LogP contribution in [-0.2, 0) is 9.53 Å². The van der Waals surface area contributed by atoms with Crippen LogP contribution < -0.4 is 9.47 Å². The maximum atomic E-state index is 12.0. The highest BCUT2D eigenvalue weighted by Crippen LogP contribution is 2.17. The molecular weight excluding hydrogens is 316 g/mol. The first-order chi connectivity index (χ1) is 12.1. The second-order valence-electron chi connectivity index (χ2n) is 5.16. The van der Waals surface area contributed by atoms with Crippen LogP contribution in [0, 0.1) is 18.8 Å². The zero-order valence-corrected chi connectivity index (χ0v) is 14.5. The predicted molar refractivity (Wildman–Crippen MR) is 96.4 cm³/mol. The van der Waals surface area contributed by atoms with Gasteiger partial charge in [0, 0.05) is 5.56 Å². The van der Waals surface area contributed by atoms with Crippen molar-refractivity contribution >= 4 is 5.97 Å². The number of hydrogen-bond donors (Lipinski definition) is 0. The Morgan fingerprint density at radius 2 is 1.68 bits per heavy atom. The topological polar surface area (TPSA) is 44.8 Å². The van der Waals surface area contributed by atoms with Crippen LogP contribution in [-0.4, -0.2) is 19.7 Å². The zero-order valence-electron chi connectivity index (χ0n) is 14.5. The standard InChI is InChI=1S/C21H20O4/c1-4-24-21(22)18(10-9-17-7-5-16(2)6-8-17)15-25-20-13-11-19(23-3)12-14-20/h5-8,11-15H,4H2,1-3H3/b18-15+. The maximum absolute atomic E-state index is 12.0. The van der Waals surface area contributed by atoms with E-state index in [2.05, 4.69) is 11.8 Å². The van der Waals surface area contributed by atoms with Crippen LogP contribution in [0.1, 0.15) is 18.1 Å². The Labute approximate surface area is 148 Å². The third-order valence-corrected chi connectivity index (χ3v) is 3.26. The lowest BCUT2D eigenvalue weighted by molar-refractivity contribution is -0.138. The number of aryl methyl sites for hydroxylation is 1. The number of carbonyl (C=O) groups excluding carboxylic acids is 1. The molecule has 0 N–H and O–H groups in total. The fourth-order valence-electron chi connectivity index (χ4n) is 1.90. The highest BCUT2D eigenvalue weighted by Gasteiger charge is 2.09. The van der Waals surface area contributed by atoms with E-state index < -0.39 is 5.97 Å². The molecule has 0 amide bonds. The summed E-state index contributed by atoms with van der Waals surface area (Å²) in [5.41, 5.74) is 2.11. The summed E-state index contributed by atoms with van der Waals surface area (Å²) in [6.07, 6.45) is 1.31. The van der Waals surface area contributed by atoms with E-state index in [1.807, 2.05) is 31.2 Å². The molecule has 0 atom stereocenters. The van der Waals surface area contributed by atoms with Gasteiger partial charge in [-0.25, -0.2) is 4.79 Å². The normalized spacial score (nSPS) is 10.4. The van der Waals surface area contributed by atoms with Gasteiger partial charge in [0.1, 0.15) is 23.3 Å². The van der Waals surface area contributed by atoms with Crippen LogP contribution in [0.4, 0.5) is 0 Å². The van der Waals surface area contributed by atoms with Crippen molar-refractivity contribution in [2.24, 2.45) is 0 Å². The Kier molecular flexibility index (Phi) is 6.67. The number of carbonyl (C=O) groups is 1. The molecule has 0 saturated carbocycles. The molecule has 0 radical (unpaired) electrons. The van der Waals surface area contributed by atoms with Crippen molar-refractivity contribution in [3.8, 4) is 23.3 Å². The molecule has 0 aliphatic rings. The van der Waals surface area contributed by atoms with Gasteiger partial charge in [-0.05, 0) is 50.2 Å². The number of methoxy groups -OCH3 is 1. The van der Waals surface area contributed by atoms with Crippen molar-refractivity contribution in [2.75, 3.05) is 13.7 Å². The molecule has 4 heteroatoms. The Hall–Kier alpha value is -3.19. The minimum Gasteiger partial charge on any atom is -0.497 e. The van der Waals surface area contributed by atoms with Gasteiger partial charge in [0.15, 0.2) is 0 Å². The molecule has 25 heavy (non-hydrogen) atoms. The monoisotopic (exact) mass is 336 g/mol. The first-order valence-corrected chi connectivity index (χ1v) is 7.89. The average molecular weight is 336 g/mol. The van der Waals surface area contributed by atoms with Gasteiger partial charge < -0.3 is 14.2 Å². The lowest BCUT2D eigenvalue weighted by atomic mass is 10.1. The van der Waals surface area contributed by atoms with Gasteiger partial charge in [0.05, 0.1) is 13.7 Å². The summed E-state index contributed by atoms with van der Waals surface area (Å²) < 4.78 is 15.6. The Bertz CT molecular complexity index is 791. The van der Waals surface area contributed by atoms with E-state index >= 15 is 0 Å². The van der Waals surface area contributed by atoms with Gasteiger partial charge in [-0.2, -0.15) is 0 Å². The molecule has 2 rings (SSSR count). The second kappa shape index (κ2) is 9.19. The molecule has 0 saturated heterocycles. The molecule has 0 bridgehead atoms. The second-order valence-corrected chi connectivity index (χ2v) is 5.16. The molecule has 128 valence electrons. The quantitative estimate of drug-likeness (QED) is 0.360. The van der Waals surface area contributed by atoms with E-state index in [4.69, 9.17) is 14.2 Å². The lowest BCUT2D eigenvalue weighted by Gasteiger charge is -2.04. The van der Waals surface area contributed by atoms with E-state index in [1.165, 1.54) is 6.26 Å². The number of ether oxygens (including phenoxy) is 3. The average Bonchev–Trinajstić information content (AvgIpc) is 2.63. The lowest BCUT2D eigenvalue weighted by Crippen LogP contribution is -2.07. The van der Waals surface area contributed by atoms with Crippen molar-refractivity contribution in [3.05, 3.63) is 71.5 Å². The molecule has 2 aromatic rings. The third-order valence-electron chi connectivity index (χ3n) is 3.26. The van der Waals surface area contributed by atoms with Crippen LogP contribution in [0.3, 0.4) is 0 Å². The molecule has 0 aliphatic heterocycles. The minimum atomic E-state index is -0.518. The molecular formula is C21H20O4. The van der Waals surface area contributed by atoms with Crippen LogP contribution in [0.5, 0.6) is 11.5 Å². The highest BCUT2D eigenvalue weighted by atomic mass is 16.5. The van der Waals surface area contributed by atoms with E-state index in [-0.39, 0.29) is 12.2 Å². The minimum absolute atomic E-state index is 0.151. The number of rotatable bonds is 5. The van der Waals surface area contributed by atoms with E-state index in [0.29, 0.717) is 5.75 Å². The molecule has 0 aromatic heterocycles. The Morgan fingerprint density at radius 3 is 2.28 bits per heavy atom. The number of benzene rings is 2. The summed E-state index contributed by atoms with van der Waals surface area (Å²) in [5.74, 6) is 6.54. The van der Waals surface area contributed by atoms with E-state index in [1.54, 1.807) is 38.3 Å². The summed E-state index contributed by atoms with van der Waals surface area (Å²) in [6, 6.07) is 14.7. The number of esters is 1. The molecule has 0 heterocycles. The fourth-order valence-corrected chi connectivity index (χ4v) is 1.90. The summed E-state index contributed by atoms with van der Waals surface area (Å²) in [4.78, 5) is 12.0. The first-order valence-electron chi connectivity index (χ1n) is 7.89. The van der Waals surface area contributed by atoms with Gasteiger partial charge in [-0.1, -0.05) is 29.5 Å². The summed E-state index contributed by atoms with van der Waals surface area (Å²) >= 11 is 0. The largest absolute Gasteiger partial charge is 0.497 e. The van der Waals surface area contributed by atoms with Gasteiger partial charge in [-0.3, -0.25) is 0 Å². The van der Waals surface area contributed by atoms with Crippen LogP contribution in [0.2, 0.25) is 0 Å². The van der Waals surface area contributed by atoms with Gasteiger partial charge >= 0.3 is 5.97 Å². The van der Waals surface area contributed by atoms with Crippen molar-refractivity contribution in [3.63, 3.8) is 0 Å². The predicted octanol–water partition coefficient (Wildman–Crippen LogP) is 3.88. The van der Waals surface area contributed by atoms with Crippen molar-refractivity contribution in [1.29, 1.82) is 0 Å². The summed E-state index contributed by atoms with van der Waals surface area (Å²) in [7, 11) is 1.59. The van der Waals surface area contributed by atoms with Crippen LogP contribution in [0.15, 0.2) is 60.4 Å². The SMILES string of the molecule is CCOC(=O)/C(C#Cc1ccc(C)cc1)=C/Oc1ccc(OC)cc1. The summed E-state index contributed by atoms with van der Waals surface area (Å²) in [5, 5.41) is 0. The van der Waals surface area contributed by atoms with Gasteiger partial charge in [0.2, 0.25) is 0 Å². The molecule has 4 nitrogen and oxygen atoms in total. The molecule has 0 unspecified atom stereocenters. The summed E-state index contributed by atoms with van der Waals surface area (Å²) in [6.45, 7) is 4.02. The first kappa shape index (κ1) is 18.2. The van der Waals surface area contributed by atoms with Crippen LogP contribution in [0.25, 0.3) is 0 Å².